The van der Waals surface area contributed by atoms with Gasteiger partial charge >= 0.3 is 0 Å². The Hall–Kier alpha value is -2.61. The Kier molecular flexibility index (Phi) is 4.72. The molecule has 112 valence electrons. The molecule has 1 aromatic carbocycles. The van der Waals surface area contributed by atoms with Crippen molar-refractivity contribution in [3.05, 3.63) is 41.5 Å². The Balaban J connectivity index is 2.03. The molecule has 0 fully saturated rings. The van der Waals surface area contributed by atoms with E-state index >= 15 is 0 Å². The lowest BCUT2D eigenvalue weighted by Gasteiger charge is -2.10. The summed E-state index contributed by atoms with van der Waals surface area (Å²) in [7, 11) is 3.36. The number of ether oxygens (including phenoxy) is 1. The molecule has 0 spiro atoms. The van der Waals surface area contributed by atoms with Gasteiger partial charge in [-0.1, -0.05) is 11.2 Å². The first-order valence-corrected chi connectivity index (χ1v) is 6.34. The fraction of sp³-hybridized carbons (Fsp3) is 0.308. The van der Waals surface area contributed by atoms with Crippen molar-refractivity contribution < 1.29 is 9.94 Å². The number of aromatic nitrogens is 3. The zero-order chi connectivity index (χ0) is 15.2. The molecule has 0 aliphatic rings. The molecule has 0 aliphatic heterocycles. The van der Waals surface area contributed by atoms with Crippen LogP contribution in [-0.2, 0) is 20.1 Å². The van der Waals surface area contributed by atoms with Gasteiger partial charge in [0.1, 0.15) is 12.1 Å². The Morgan fingerprint density at radius 1 is 1.48 bits per heavy atom. The maximum atomic E-state index is 8.80. The molecule has 1 heterocycles. The van der Waals surface area contributed by atoms with Crippen LogP contribution in [0.3, 0.4) is 0 Å². The van der Waals surface area contributed by atoms with E-state index in [0.29, 0.717) is 24.4 Å². The average molecular weight is 290 g/mol. The number of amidine groups is 1. The molecular weight excluding hydrogens is 272 g/mol. The molecule has 2 rings (SSSR count). The maximum absolute atomic E-state index is 8.80. The first-order valence-electron chi connectivity index (χ1n) is 6.34. The van der Waals surface area contributed by atoms with Gasteiger partial charge in [-0.3, -0.25) is 4.68 Å². The van der Waals surface area contributed by atoms with Crippen LogP contribution in [0.4, 0.5) is 0 Å². The summed E-state index contributed by atoms with van der Waals surface area (Å²) < 4.78 is 6.84. The molecule has 21 heavy (non-hydrogen) atoms. The predicted molar refractivity (Wildman–Crippen MR) is 77.1 cm³/mol. The number of benzene rings is 1. The number of aryl methyl sites for hydroxylation is 1. The molecule has 0 saturated carbocycles. The number of nitrogens with one attached hydrogen (secondary N) is 1. The standard InChI is InChI=1S/C13H18N6O2/c1-19-8-16-12(17-19)7-15-6-9-3-4-11(21-2)10(5-9)13(14)18-20/h3-5,8,15,20H,6-7H2,1-2H3,(H2,14,18). The summed E-state index contributed by atoms with van der Waals surface area (Å²) in [5.74, 6) is 1.29. The number of oxime groups is 1. The molecule has 0 bridgehead atoms. The van der Waals surface area contributed by atoms with Gasteiger partial charge in [0.15, 0.2) is 11.7 Å². The van der Waals surface area contributed by atoms with Crippen LogP contribution in [0.2, 0.25) is 0 Å². The Morgan fingerprint density at radius 3 is 2.90 bits per heavy atom. The van der Waals surface area contributed by atoms with Gasteiger partial charge < -0.3 is 21.0 Å². The summed E-state index contributed by atoms with van der Waals surface area (Å²) in [4.78, 5) is 4.13. The van der Waals surface area contributed by atoms with E-state index < -0.39 is 0 Å². The molecule has 8 nitrogen and oxygen atoms in total. The fourth-order valence-electron chi connectivity index (χ4n) is 1.90. The highest BCUT2D eigenvalue weighted by Crippen LogP contribution is 2.19. The highest BCUT2D eigenvalue weighted by Gasteiger charge is 2.09. The molecule has 0 unspecified atom stereocenters. The summed E-state index contributed by atoms with van der Waals surface area (Å²) in [5, 5.41) is 19.2. The summed E-state index contributed by atoms with van der Waals surface area (Å²) in [6.45, 7) is 1.17. The zero-order valence-corrected chi connectivity index (χ0v) is 11.9. The summed E-state index contributed by atoms with van der Waals surface area (Å²) in [5.41, 5.74) is 7.17. The maximum Gasteiger partial charge on any atom is 0.173 e. The smallest absolute Gasteiger partial charge is 0.173 e. The fourth-order valence-corrected chi connectivity index (χ4v) is 1.90. The zero-order valence-electron chi connectivity index (χ0n) is 11.9. The lowest BCUT2D eigenvalue weighted by atomic mass is 10.1. The minimum absolute atomic E-state index is 0.0140. The minimum atomic E-state index is 0.0140. The lowest BCUT2D eigenvalue weighted by Crippen LogP contribution is -2.17. The SMILES string of the molecule is COc1ccc(CNCc2ncn(C)n2)cc1/C(N)=N/O. The molecule has 4 N–H and O–H groups in total. The molecule has 0 saturated heterocycles. The highest BCUT2D eigenvalue weighted by molar-refractivity contribution is 5.99. The van der Waals surface area contributed by atoms with Crippen molar-refractivity contribution in [1.82, 2.24) is 20.1 Å². The summed E-state index contributed by atoms with van der Waals surface area (Å²) >= 11 is 0. The number of hydrogen-bond acceptors (Lipinski definition) is 6. The van der Waals surface area contributed by atoms with Gasteiger partial charge in [-0.05, 0) is 17.7 Å². The van der Waals surface area contributed by atoms with Crippen molar-refractivity contribution in [3.8, 4) is 5.75 Å². The molecule has 0 aliphatic carbocycles. The van der Waals surface area contributed by atoms with Crippen molar-refractivity contribution in [2.45, 2.75) is 13.1 Å². The van der Waals surface area contributed by atoms with E-state index in [4.69, 9.17) is 15.7 Å². The van der Waals surface area contributed by atoms with Gasteiger partial charge in [-0.15, -0.1) is 0 Å². The number of nitrogens with zero attached hydrogens (tertiary/aromatic N) is 4. The normalized spacial score (nSPS) is 11.6. The van der Waals surface area contributed by atoms with E-state index in [-0.39, 0.29) is 5.84 Å². The van der Waals surface area contributed by atoms with E-state index in [0.717, 1.165) is 11.4 Å². The van der Waals surface area contributed by atoms with E-state index in [1.165, 1.54) is 7.11 Å². The van der Waals surface area contributed by atoms with Gasteiger partial charge in [0, 0.05) is 13.6 Å². The van der Waals surface area contributed by atoms with Crippen molar-refractivity contribution in [2.75, 3.05) is 7.11 Å². The number of hydrogen-bond donors (Lipinski definition) is 3. The van der Waals surface area contributed by atoms with Crippen LogP contribution < -0.4 is 15.8 Å². The molecule has 1 aromatic heterocycles. The first kappa shape index (κ1) is 14.8. The van der Waals surface area contributed by atoms with Gasteiger partial charge in [0.2, 0.25) is 0 Å². The molecule has 2 aromatic rings. The second-order valence-electron chi connectivity index (χ2n) is 4.46. The van der Waals surface area contributed by atoms with Gasteiger partial charge in [-0.2, -0.15) is 5.10 Å². The first-order chi connectivity index (χ1) is 10.1. The Morgan fingerprint density at radius 2 is 2.29 bits per heavy atom. The summed E-state index contributed by atoms with van der Waals surface area (Å²) in [6, 6.07) is 5.50. The largest absolute Gasteiger partial charge is 0.496 e. The number of methoxy groups -OCH3 is 1. The highest BCUT2D eigenvalue weighted by atomic mass is 16.5. The van der Waals surface area contributed by atoms with Crippen molar-refractivity contribution in [3.63, 3.8) is 0 Å². The second-order valence-corrected chi connectivity index (χ2v) is 4.46. The number of rotatable bonds is 6. The van der Waals surface area contributed by atoms with Crippen molar-refractivity contribution in [2.24, 2.45) is 17.9 Å². The third-order valence-electron chi connectivity index (χ3n) is 2.91. The Bertz CT molecular complexity index is 637. The molecule has 0 radical (unpaired) electrons. The predicted octanol–water partition coefficient (Wildman–Crippen LogP) is 0.208. The van der Waals surface area contributed by atoms with Crippen LogP contribution in [0.5, 0.6) is 5.75 Å². The summed E-state index contributed by atoms with van der Waals surface area (Å²) in [6.07, 6.45) is 1.65. The van der Waals surface area contributed by atoms with Crippen LogP contribution in [0.15, 0.2) is 29.7 Å². The molecule has 0 amide bonds. The number of nitrogens with two attached hydrogens (primary N) is 1. The van der Waals surface area contributed by atoms with Gasteiger partial charge in [0.25, 0.3) is 0 Å². The monoisotopic (exact) mass is 290 g/mol. The van der Waals surface area contributed by atoms with Crippen molar-refractivity contribution in [1.29, 1.82) is 0 Å². The second kappa shape index (κ2) is 6.71. The topological polar surface area (TPSA) is 111 Å². The van der Waals surface area contributed by atoms with Gasteiger partial charge in [0.05, 0.1) is 19.2 Å². The lowest BCUT2D eigenvalue weighted by molar-refractivity contribution is 0.318. The van der Waals surface area contributed by atoms with E-state index in [9.17, 15) is 0 Å². The average Bonchev–Trinajstić information content (AvgIpc) is 2.91. The third-order valence-corrected chi connectivity index (χ3v) is 2.91. The van der Waals surface area contributed by atoms with Crippen LogP contribution >= 0.6 is 0 Å². The van der Waals surface area contributed by atoms with Crippen LogP contribution in [0.25, 0.3) is 0 Å². The van der Waals surface area contributed by atoms with E-state index in [1.807, 2.05) is 19.2 Å². The Labute approximate surface area is 122 Å². The van der Waals surface area contributed by atoms with Crippen LogP contribution in [-0.4, -0.2) is 32.9 Å². The minimum Gasteiger partial charge on any atom is -0.496 e. The van der Waals surface area contributed by atoms with Crippen LogP contribution in [0, 0.1) is 0 Å². The van der Waals surface area contributed by atoms with Gasteiger partial charge in [-0.25, -0.2) is 4.98 Å². The van der Waals surface area contributed by atoms with Crippen molar-refractivity contribution >= 4 is 5.84 Å². The molecule has 8 heteroatoms. The molecular formula is C13H18N6O2. The van der Waals surface area contributed by atoms with Crippen LogP contribution in [0.1, 0.15) is 17.0 Å². The van der Waals surface area contributed by atoms with E-state index in [1.54, 1.807) is 17.1 Å². The third kappa shape index (κ3) is 3.69. The molecule has 0 atom stereocenters. The quantitative estimate of drug-likeness (QED) is 0.303. The van der Waals surface area contributed by atoms with E-state index in [2.05, 4.69) is 20.6 Å².